The number of ether oxygens (including phenoxy) is 1. The lowest BCUT2D eigenvalue weighted by atomic mass is 9.88. The minimum Gasteiger partial charge on any atom is -0.480 e. The molecule has 0 aliphatic rings. The van der Waals surface area contributed by atoms with E-state index in [1.54, 1.807) is 42.5 Å². The fourth-order valence-corrected chi connectivity index (χ4v) is 3.26. The third-order valence-corrected chi connectivity index (χ3v) is 4.71. The standard InChI is InChI=1S/C24H23NO4/c1-2-21(22(23(26)27)25-19-13-7-4-8-14-19)18-12-9-15-20(16-18)29-24(28)17-10-5-3-6-11-17/h3-16,21-22,25H,2H2,1H3,(H,26,27). The maximum Gasteiger partial charge on any atom is 0.343 e. The minimum atomic E-state index is -0.938. The number of carboxylic acid groups (broad SMARTS) is 1. The van der Waals surface area contributed by atoms with Crippen molar-refractivity contribution in [3.05, 3.63) is 96.1 Å². The number of carbonyl (C=O) groups excluding carboxylic acids is 1. The van der Waals surface area contributed by atoms with Crippen molar-refractivity contribution in [3.8, 4) is 5.75 Å². The number of rotatable bonds is 8. The van der Waals surface area contributed by atoms with Gasteiger partial charge in [-0.15, -0.1) is 0 Å². The maximum atomic E-state index is 12.3. The molecule has 2 atom stereocenters. The minimum absolute atomic E-state index is 0.303. The second-order valence-corrected chi connectivity index (χ2v) is 6.67. The second kappa shape index (κ2) is 9.55. The number of hydrogen-bond acceptors (Lipinski definition) is 4. The molecule has 0 aromatic heterocycles. The van der Waals surface area contributed by atoms with Gasteiger partial charge in [0.2, 0.25) is 0 Å². The van der Waals surface area contributed by atoms with Gasteiger partial charge in [0.05, 0.1) is 5.56 Å². The van der Waals surface area contributed by atoms with E-state index in [0.29, 0.717) is 17.7 Å². The van der Waals surface area contributed by atoms with Gasteiger partial charge < -0.3 is 15.2 Å². The van der Waals surface area contributed by atoms with Crippen LogP contribution in [0, 0.1) is 0 Å². The fraction of sp³-hybridized carbons (Fsp3) is 0.167. The number of hydrogen-bond donors (Lipinski definition) is 2. The van der Waals surface area contributed by atoms with Crippen LogP contribution in [0.3, 0.4) is 0 Å². The third-order valence-electron chi connectivity index (χ3n) is 4.71. The summed E-state index contributed by atoms with van der Waals surface area (Å²) in [5.74, 6) is -1.30. The molecule has 0 heterocycles. The second-order valence-electron chi connectivity index (χ2n) is 6.67. The molecule has 5 heteroatoms. The molecule has 0 spiro atoms. The smallest absolute Gasteiger partial charge is 0.343 e. The highest BCUT2D eigenvalue weighted by Crippen LogP contribution is 2.29. The number of esters is 1. The van der Waals surface area contributed by atoms with Crippen LogP contribution in [-0.4, -0.2) is 23.1 Å². The first-order chi connectivity index (χ1) is 14.1. The molecule has 0 saturated heterocycles. The highest BCUT2D eigenvalue weighted by molar-refractivity contribution is 5.91. The largest absolute Gasteiger partial charge is 0.480 e. The average molecular weight is 389 g/mol. The van der Waals surface area contributed by atoms with Gasteiger partial charge in [-0.05, 0) is 48.4 Å². The van der Waals surface area contributed by atoms with Crippen molar-refractivity contribution in [2.75, 3.05) is 5.32 Å². The van der Waals surface area contributed by atoms with E-state index in [-0.39, 0.29) is 5.92 Å². The van der Waals surface area contributed by atoms with Gasteiger partial charge in [-0.1, -0.05) is 55.5 Å². The van der Waals surface area contributed by atoms with Gasteiger partial charge in [-0.25, -0.2) is 9.59 Å². The molecule has 2 unspecified atom stereocenters. The summed E-state index contributed by atoms with van der Waals surface area (Å²) in [5, 5.41) is 12.9. The molecule has 3 rings (SSSR count). The Bertz CT molecular complexity index is 957. The van der Waals surface area contributed by atoms with Crippen LogP contribution < -0.4 is 10.1 Å². The van der Waals surface area contributed by atoms with E-state index in [1.807, 2.05) is 49.4 Å². The Morgan fingerprint density at radius 3 is 2.21 bits per heavy atom. The van der Waals surface area contributed by atoms with Gasteiger partial charge in [-0.2, -0.15) is 0 Å². The van der Waals surface area contributed by atoms with Gasteiger partial charge in [-0.3, -0.25) is 0 Å². The Balaban J connectivity index is 1.82. The van der Waals surface area contributed by atoms with Crippen LogP contribution in [-0.2, 0) is 4.79 Å². The number of anilines is 1. The van der Waals surface area contributed by atoms with Crippen molar-refractivity contribution in [3.63, 3.8) is 0 Å². The summed E-state index contributed by atoms with van der Waals surface area (Å²) in [6, 6.07) is 24.2. The number of aliphatic carboxylic acids is 1. The first-order valence-corrected chi connectivity index (χ1v) is 9.50. The molecule has 3 aromatic carbocycles. The molecule has 2 N–H and O–H groups in total. The Morgan fingerprint density at radius 2 is 1.59 bits per heavy atom. The summed E-state index contributed by atoms with van der Waals surface area (Å²) in [6.07, 6.45) is 0.604. The molecule has 0 aliphatic carbocycles. The Labute approximate surface area is 170 Å². The van der Waals surface area contributed by atoms with E-state index in [9.17, 15) is 14.7 Å². The van der Waals surface area contributed by atoms with Crippen LogP contribution in [0.2, 0.25) is 0 Å². The van der Waals surface area contributed by atoms with Crippen molar-refractivity contribution >= 4 is 17.6 Å². The van der Waals surface area contributed by atoms with Gasteiger partial charge in [0.25, 0.3) is 0 Å². The van der Waals surface area contributed by atoms with Crippen molar-refractivity contribution in [1.29, 1.82) is 0 Å². The van der Waals surface area contributed by atoms with Crippen LogP contribution in [0.1, 0.15) is 35.2 Å². The lowest BCUT2D eigenvalue weighted by molar-refractivity contribution is -0.138. The Kier molecular flexibility index (Phi) is 6.63. The van der Waals surface area contributed by atoms with Crippen LogP contribution >= 0.6 is 0 Å². The highest BCUT2D eigenvalue weighted by atomic mass is 16.5. The van der Waals surface area contributed by atoms with E-state index in [1.165, 1.54) is 0 Å². The summed E-state index contributed by atoms with van der Waals surface area (Å²) in [4.78, 5) is 24.3. The molecule has 0 bridgehead atoms. The van der Waals surface area contributed by atoms with Gasteiger partial charge in [0.1, 0.15) is 11.8 Å². The molecule has 0 radical (unpaired) electrons. The summed E-state index contributed by atoms with van der Waals surface area (Å²) < 4.78 is 5.49. The monoisotopic (exact) mass is 389 g/mol. The van der Waals surface area contributed by atoms with Crippen LogP contribution in [0.15, 0.2) is 84.9 Å². The van der Waals surface area contributed by atoms with Gasteiger partial charge in [0.15, 0.2) is 0 Å². The van der Waals surface area contributed by atoms with Crippen molar-refractivity contribution in [2.24, 2.45) is 0 Å². The summed E-state index contributed by atoms with van der Waals surface area (Å²) in [6.45, 7) is 1.94. The number of carbonyl (C=O) groups is 2. The number of para-hydroxylation sites is 1. The Hall–Kier alpha value is -3.60. The molecule has 5 nitrogen and oxygen atoms in total. The van der Waals surface area contributed by atoms with Crippen LogP contribution in [0.25, 0.3) is 0 Å². The summed E-state index contributed by atoms with van der Waals surface area (Å²) in [7, 11) is 0. The first kappa shape index (κ1) is 20.1. The molecule has 3 aromatic rings. The van der Waals surface area contributed by atoms with Crippen molar-refractivity contribution in [1.82, 2.24) is 0 Å². The van der Waals surface area contributed by atoms with Crippen molar-refractivity contribution in [2.45, 2.75) is 25.3 Å². The number of nitrogens with one attached hydrogen (secondary N) is 1. The van der Waals surface area contributed by atoms with Gasteiger partial charge >= 0.3 is 11.9 Å². The predicted molar refractivity (Wildman–Crippen MR) is 112 cm³/mol. The summed E-state index contributed by atoms with van der Waals surface area (Å²) >= 11 is 0. The van der Waals surface area contributed by atoms with Crippen LogP contribution in [0.5, 0.6) is 5.75 Å². The lowest BCUT2D eigenvalue weighted by Crippen LogP contribution is -2.35. The fourth-order valence-electron chi connectivity index (χ4n) is 3.26. The molecular formula is C24H23NO4. The molecule has 29 heavy (non-hydrogen) atoms. The topological polar surface area (TPSA) is 75.6 Å². The van der Waals surface area contributed by atoms with E-state index in [4.69, 9.17) is 4.74 Å². The zero-order valence-corrected chi connectivity index (χ0v) is 16.1. The van der Waals surface area contributed by atoms with E-state index in [0.717, 1.165) is 11.3 Å². The van der Waals surface area contributed by atoms with Crippen molar-refractivity contribution < 1.29 is 19.4 Å². The lowest BCUT2D eigenvalue weighted by Gasteiger charge is -2.25. The molecule has 0 aliphatic heterocycles. The quantitative estimate of drug-likeness (QED) is 0.420. The molecule has 0 amide bonds. The summed E-state index contributed by atoms with van der Waals surface area (Å²) in [5.41, 5.74) is 1.99. The first-order valence-electron chi connectivity index (χ1n) is 9.50. The van der Waals surface area contributed by atoms with E-state index < -0.39 is 18.0 Å². The molecule has 0 fully saturated rings. The third kappa shape index (κ3) is 5.23. The normalized spacial score (nSPS) is 12.6. The number of carboxylic acids is 1. The molecular weight excluding hydrogens is 366 g/mol. The zero-order valence-electron chi connectivity index (χ0n) is 16.1. The Morgan fingerprint density at radius 1 is 0.931 bits per heavy atom. The zero-order chi connectivity index (χ0) is 20.6. The average Bonchev–Trinajstić information content (AvgIpc) is 2.75. The van der Waals surface area contributed by atoms with E-state index in [2.05, 4.69) is 5.32 Å². The van der Waals surface area contributed by atoms with Crippen LogP contribution in [0.4, 0.5) is 5.69 Å². The highest BCUT2D eigenvalue weighted by Gasteiger charge is 2.28. The molecule has 148 valence electrons. The molecule has 0 saturated carbocycles. The van der Waals surface area contributed by atoms with Gasteiger partial charge in [0, 0.05) is 11.6 Å². The predicted octanol–water partition coefficient (Wildman–Crippen LogP) is 4.96. The maximum absolute atomic E-state index is 12.3. The SMILES string of the molecule is CCC(c1cccc(OC(=O)c2ccccc2)c1)C(Nc1ccccc1)C(=O)O. The number of benzene rings is 3. The van der Waals surface area contributed by atoms with E-state index >= 15 is 0 Å².